The third kappa shape index (κ3) is 2.54. The molecule has 2 aromatic heterocycles. The van der Waals surface area contributed by atoms with E-state index in [2.05, 4.69) is 23.9 Å². The summed E-state index contributed by atoms with van der Waals surface area (Å²) >= 11 is 0. The number of nitrogens with one attached hydrogen (secondary N) is 1. The number of benzene rings is 1. The van der Waals surface area contributed by atoms with E-state index in [0.717, 1.165) is 28.8 Å². The molecule has 4 nitrogen and oxygen atoms in total. The van der Waals surface area contributed by atoms with Crippen LogP contribution >= 0.6 is 0 Å². The summed E-state index contributed by atoms with van der Waals surface area (Å²) in [7, 11) is 0. The maximum Gasteiger partial charge on any atom is 0.132 e. The van der Waals surface area contributed by atoms with E-state index in [1.807, 2.05) is 47.4 Å². The van der Waals surface area contributed by atoms with Gasteiger partial charge in [-0.2, -0.15) is 5.10 Å². The van der Waals surface area contributed by atoms with Gasteiger partial charge >= 0.3 is 0 Å². The average Bonchev–Trinajstić information content (AvgIpc) is 3.12. The van der Waals surface area contributed by atoms with E-state index in [4.69, 9.17) is 4.74 Å². The fraction of sp³-hybridized carbons (Fsp3) is 0.312. The Morgan fingerprint density at radius 3 is 3.05 bits per heavy atom. The van der Waals surface area contributed by atoms with Crippen molar-refractivity contribution in [2.75, 3.05) is 0 Å². The second kappa shape index (κ2) is 5.41. The van der Waals surface area contributed by atoms with Gasteiger partial charge in [0.15, 0.2) is 0 Å². The van der Waals surface area contributed by atoms with Crippen molar-refractivity contribution in [3.05, 3.63) is 48.4 Å². The highest BCUT2D eigenvalue weighted by atomic mass is 16.5. The lowest BCUT2D eigenvalue weighted by atomic mass is 10.2. The fourth-order valence-electron chi connectivity index (χ4n) is 2.17. The molecule has 1 atom stereocenters. The van der Waals surface area contributed by atoms with Crippen molar-refractivity contribution in [2.45, 2.75) is 32.9 Å². The molecule has 0 spiro atoms. The van der Waals surface area contributed by atoms with Gasteiger partial charge in [-0.15, -0.1) is 0 Å². The smallest absolute Gasteiger partial charge is 0.132 e. The van der Waals surface area contributed by atoms with Crippen molar-refractivity contribution in [1.29, 1.82) is 0 Å². The zero-order chi connectivity index (χ0) is 13.9. The summed E-state index contributed by atoms with van der Waals surface area (Å²) in [5.41, 5.74) is 2.08. The van der Waals surface area contributed by atoms with E-state index in [1.54, 1.807) is 0 Å². The van der Waals surface area contributed by atoms with Crippen LogP contribution in [0, 0.1) is 0 Å². The summed E-state index contributed by atoms with van der Waals surface area (Å²) in [6, 6.07) is 10.5. The normalized spacial score (nSPS) is 12.7. The summed E-state index contributed by atoms with van der Waals surface area (Å²) in [6.45, 7) is 4.82. The maximum atomic E-state index is 5.81. The minimum absolute atomic E-state index is 0.431. The van der Waals surface area contributed by atoms with Crippen molar-refractivity contribution in [1.82, 2.24) is 14.8 Å². The van der Waals surface area contributed by atoms with Crippen LogP contribution in [-0.4, -0.2) is 14.8 Å². The molecule has 0 amide bonds. The molecule has 1 unspecified atom stereocenters. The minimum atomic E-state index is 0.431. The van der Waals surface area contributed by atoms with E-state index in [9.17, 15) is 0 Å². The van der Waals surface area contributed by atoms with Crippen LogP contribution in [0.4, 0.5) is 0 Å². The largest absolute Gasteiger partial charge is 0.487 e. The van der Waals surface area contributed by atoms with Gasteiger partial charge in [0.05, 0.1) is 5.69 Å². The summed E-state index contributed by atoms with van der Waals surface area (Å²) in [5, 5.41) is 5.69. The molecule has 1 N–H and O–H groups in total. The number of hydrogen-bond donors (Lipinski definition) is 1. The van der Waals surface area contributed by atoms with Crippen LogP contribution in [0.3, 0.4) is 0 Å². The summed E-state index contributed by atoms with van der Waals surface area (Å²) < 4.78 is 7.80. The topological polar surface area (TPSA) is 42.8 Å². The Morgan fingerprint density at radius 2 is 2.20 bits per heavy atom. The summed E-state index contributed by atoms with van der Waals surface area (Å²) in [4.78, 5) is 3.17. The van der Waals surface area contributed by atoms with Gasteiger partial charge in [0.2, 0.25) is 0 Å². The number of rotatable bonds is 5. The van der Waals surface area contributed by atoms with Gasteiger partial charge in [-0.1, -0.05) is 6.92 Å². The van der Waals surface area contributed by atoms with E-state index in [0.29, 0.717) is 12.6 Å². The van der Waals surface area contributed by atoms with Crippen LogP contribution in [0.1, 0.15) is 32.0 Å². The van der Waals surface area contributed by atoms with Crippen LogP contribution in [-0.2, 0) is 6.61 Å². The standard InChI is InChI=1S/C16H19N3O/c1-3-12(2)19-9-7-14(18-19)11-20-15-4-5-16-13(10-15)6-8-17-16/h4-10,12,17H,3,11H2,1-2H3. The van der Waals surface area contributed by atoms with Gasteiger partial charge in [0, 0.05) is 29.3 Å². The predicted molar refractivity (Wildman–Crippen MR) is 79.9 cm³/mol. The molecule has 0 aliphatic carbocycles. The Hall–Kier alpha value is -2.23. The lowest BCUT2D eigenvalue weighted by molar-refractivity contribution is 0.298. The Morgan fingerprint density at radius 1 is 1.30 bits per heavy atom. The van der Waals surface area contributed by atoms with Crippen LogP contribution in [0.2, 0.25) is 0 Å². The second-order valence-corrected chi connectivity index (χ2v) is 5.06. The molecule has 3 aromatic rings. The first-order chi connectivity index (χ1) is 9.76. The van der Waals surface area contributed by atoms with Crippen LogP contribution in [0.15, 0.2) is 42.7 Å². The fourth-order valence-corrected chi connectivity index (χ4v) is 2.17. The molecule has 3 rings (SSSR count). The average molecular weight is 269 g/mol. The molecule has 0 aliphatic rings. The summed E-state index contributed by atoms with van der Waals surface area (Å²) in [5.74, 6) is 0.871. The molecule has 2 heterocycles. The van der Waals surface area contributed by atoms with Crippen molar-refractivity contribution in [2.24, 2.45) is 0 Å². The number of ether oxygens (including phenoxy) is 1. The predicted octanol–water partition coefficient (Wildman–Crippen LogP) is 3.91. The molecule has 0 bridgehead atoms. The summed E-state index contributed by atoms with van der Waals surface area (Å²) in [6.07, 6.45) is 5.02. The maximum absolute atomic E-state index is 5.81. The molecular formula is C16H19N3O. The van der Waals surface area contributed by atoms with Crippen LogP contribution < -0.4 is 4.74 Å². The van der Waals surface area contributed by atoms with E-state index < -0.39 is 0 Å². The highest BCUT2D eigenvalue weighted by Gasteiger charge is 2.05. The van der Waals surface area contributed by atoms with Gasteiger partial charge in [-0.25, -0.2) is 0 Å². The van der Waals surface area contributed by atoms with E-state index in [-0.39, 0.29) is 0 Å². The zero-order valence-corrected chi connectivity index (χ0v) is 11.8. The number of aromatic nitrogens is 3. The van der Waals surface area contributed by atoms with Crippen LogP contribution in [0.25, 0.3) is 10.9 Å². The molecule has 4 heteroatoms. The van der Waals surface area contributed by atoms with Crippen molar-refractivity contribution < 1.29 is 4.74 Å². The SMILES string of the molecule is CCC(C)n1ccc(COc2ccc3[nH]ccc3c2)n1. The Bertz CT molecular complexity index is 698. The molecular weight excluding hydrogens is 250 g/mol. The monoisotopic (exact) mass is 269 g/mol. The van der Waals surface area contributed by atoms with Gasteiger partial charge in [0.25, 0.3) is 0 Å². The Labute approximate surface area is 118 Å². The van der Waals surface area contributed by atoms with Crippen LogP contribution in [0.5, 0.6) is 5.75 Å². The molecule has 0 saturated heterocycles. The van der Waals surface area contributed by atoms with Gasteiger partial charge in [-0.05, 0) is 43.7 Å². The lowest BCUT2D eigenvalue weighted by Crippen LogP contribution is -2.05. The number of nitrogens with zero attached hydrogens (tertiary/aromatic N) is 2. The first-order valence-corrected chi connectivity index (χ1v) is 7.00. The highest BCUT2D eigenvalue weighted by molar-refractivity contribution is 5.80. The number of aromatic amines is 1. The lowest BCUT2D eigenvalue weighted by Gasteiger charge is -2.08. The number of hydrogen-bond acceptors (Lipinski definition) is 2. The third-order valence-corrected chi connectivity index (χ3v) is 3.62. The van der Waals surface area contributed by atoms with Gasteiger partial charge < -0.3 is 9.72 Å². The van der Waals surface area contributed by atoms with E-state index in [1.165, 1.54) is 0 Å². The molecule has 0 fully saturated rings. The van der Waals surface area contributed by atoms with Gasteiger partial charge in [0.1, 0.15) is 12.4 Å². The number of fused-ring (bicyclic) bond motifs is 1. The third-order valence-electron chi connectivity index (χ3n) is 3.62. The highest BCUT2D eigenvalue weighted by Crippen LogP contribution is 2.20. The molecule has 104 valence electrons. The zero-order valence-electron chi connectivity index (χ0n) is 11.8. The molecule has 20 heavy (non-hydrogen) atoms. The molecule has 0 radical (unpaired) electrons. The molecule has 0 aliphatic heterocycles. The van der Waals surface area contributed by atoms with Crippen molar-refractivity contribution in [3.8, 4) is 5.75 Å². The quantitative estimate of drug-likeness (QED) is 0.763. The van der Waals surface area contributed by atoms with Gasteiger partial charge in [-0.3, -0.25) is 4.68 Å². The second-order valence-electron chi connectivity index (χ2n) is 5.06. The Kier molecular flexibility index (Phi) is 3.46. The van der Waals surface area contributed by atoms with E-state index >= 15 is 0 Å². The van der Waals surface area contributed by atoms with Crippen molar-refractivity contribution in [3.63, 3.8) is 0 Å². The first kappa shape index (κ1) is 12.8. The first-order valence-electron chi connectivity index (χ1n) is 7.00. The molecule has 0 saturated carbocycles. The number of H-pyrrole nitrogens is 1. The molecule has 1 aromatic carbocycles. The Balaban J connectivity index is 1.67. The van der Waals surface area contributed by atoms with Crippen molar-refractivity contribution >= 4 is 10.9 Å². The minimum Gasteiger partial charge on any atom is -0.487 e.